The molecule has 0 aliphatic heterocycles. The van der Waals surface area contributed by atoms with Gasteiger partial charge in [-0.05, 0) is 25.0 Å². The van der Waals surface area contributed by atoms with Gasteiger partial charge in [0.25, 0.3) is 0 Å². The van der Waals surface area contributed by atoms with E-state index in [1.165, 1.54) is 11.1 Å². The lowest BCUT2D eigenvalue weighted by Gasteiger charge is -2.10. The fourth-order valence-corrected chi connectivity index (χ4v) is 2.28. The first kappa shape index (κ1) is 15.9. The van der Waals surface area contributed by atoms with Crippen LogP contribution in [0.5, 0.6) is 5.75 Å². The smallest absolute Gasteiger partial charge is 0.315 e. The average Bonchev–Trinajstić information content (AvgIpc) is 2.53. The van der Waals surface area contributed by atoms with E-state index in [-0.39, 0.29) is 6.03 Å². The van der Waals surface area contributed by atoms with Gasteiger partial charge in [0.05, 0.1) is 7.11 Å². The van der Waals surface area contributed by atoms with Crippen molar-refractivity contribution < 1.29 is 9.53 Å². The first-order valence-electron chi connectivity index (χ1n) is 7.38. The zero-order chi connectivity index (χ0) is 15.8. The molecule has 116 valence electrons. The van der Waals surface area contributed by atoms with Crippen LogP contribution in [0, 0.1) is 6.92 Å². The maximum Gasteiger partial charge on any atom is 0.315 e. The number of hydrogen-bond acceptors (Lipinski definition) is 2. The molecule has 0 aliphatic carbocycles. The van der Waals surface area contributed by atoms with Gasteiger partial charge in [-0.2, -0.15) is 0 Å². The summed E-state index contributed by atoms with van der Waals surface area (Å²) in [5.41, 5.74) is 3.42. The zero-order valence-electron chi connectivity index (χ0n) is 13.1. The van der Waals surface area contributed by atoms with Crippen LogP contribution in [0.3, 0.4) is 0 Å². The van der Waals surface area contributed by atoms with E-state index in [2.05, 4.69) is 35.8 Å². The summed E-state index contributed by atoms with van der Waals surface area (Å²) in [6.07, 6.45) is 0.823. The van der Waals surface area contributed by atoms with Crippen LogP contribution in [-0.4, -0.2) is 19.7 Å². The number of hydrogen-bond donors (Lipinski definition) is 2. The molecule has 0 spiro atoms. The second-order valence-corrected chi connectivity index (χ2v) is 5.16. The molecule has 22 heavy (non-hydrogen) atoms. The normalized spacial score (nSPS) is 10.1. The van der Waals surface area contributed by atoms with Crippen LogP contribution in [0.15, 0.2) is 48.5 Å². The number of urea groups is 1. The summed E-state index contributed by atoms with van der Waals surface area (Å²) < 4.78 is 5.26. The van der Waals surface area contributed by atoms with Gasteiger partial charge < -0.3 is 15.4 Å². The Kier molecular flexibility index (Phi) is 5.83. The van der Waals surface area contributed by atoms with E-state index in [0.717, 1.165) is 17.7 Å². The molecule has 0 unspecified atom stereocenters. The first-order chi connectivity index (χ1) is 10.7. The van der Waals surface area contributed by atoms with E-state index >= 15 is 0 Å². The van der Waals surface area contributed by atoms with Gasteiger partial charge in [0.1, 0.15) is 5.75 Å². The van der Waals surface area contributed by atoms with Crippen LogP contribution in [0.1, 0.15) is 16.7 Å². The molecule has 2 rings (SSSR count). The van der Waals surface area contributed by atoms with Crippen LogP contribution in [0.4, 0.5) is 4.79 Å². The third kappa shape index (κ3) is 4.81. The Balaban J connectivity index is 1.74. The van der Waals surface area contributed by atoms with Crippen LogP contribution >= 0.6 is 0 Å². The molecule has 2 N–H and O–H groups in total. The molecule has 0 aromatic heterocycles. The number of benzene rings is 2. The van der Waals surface area contributed by atoms with Crippen molar-refractivity contribution in [1.29, 1.82) is 0 Å². The molecule has 0 fully saturated rings. The number of aryl methyl sites for hydroxylation is 1. The number of carbonyl (C=O) groups excluding carboxylic acids is 1. The number of para-hydroxylation sites is 1. The summed E-state index contributed by atoms with van der Waals surface area (Å²) in [6, 6.07) is 15.8. The SMILES string of the molecule is COc1ccccc1CNC(=O)NCCc1cccc(C)c1. The number of methoxy groups -OCH3 is 1. The quantitative estimate of drug-likeness (QED) is 0.861. The molecule has 0 aliphatic rings. The molecular weight excluding hydrogens is 276 g/mol. The number of nitrogens with one attached hydrogen (secondary N) is 2. The molecule has 2 amide bonds. The average molecular weight is 298 g/mol. The van der Waals surface area contributed by atoms with Crippen molar-refractivity contribution in [2.75, 3.05) is 13.7 Å². The standard InChI is InChI=1S/C18H22N2O2/c1-14-6-5-7-15(12-14)10-11-19-18(21)20-13-16-8-3-4-9-17(16)22-2/h3-9,12H,10-11,13H2,1-2H3,(H2,19,20,21). The monoisotopic (exact) mass is 298 g/mol. The molecule has 2 aromatic rings. The Labute approximate surface area is 131 Å². The lowest BCUT2D eigenvalue weighted by molar-refractivity contribution is 0.240. The highest BCUT2D eigenvalue weighted by Gasteiger charge is 2.04. The van der Waals surface area contributed by atoms with Crippen molar-refractivity contribution in [3.05, 3.63) is 65.2 Å². The van der Waals surface area contributed by atoms with Crippen LogP contribution in [0.25, 0.3) is 0 Å². The van der Waals surface area contributed by atoms with Gasteiger partial charge in [-0.15, -0.1) is 0 Å². The molecule has 0 saturated carbocycles. The lowest BCUT2D eigenvalue weighted by Crippen LogP contribution is -2.36. The van der Waals surface area contributed by atoms with Crippen molar-refractivity contribution in [2.24, 2.45) is 0 Å². The van der Waals surface area contributed by atoms with Gasteiger partial charge in [-0.25, -0.2) is 4.79 Å². The Hall–Kier alpha value is -2.49. The summed E-state index contributed by atoms with van der Waals surface area (Å²) in [5.74, 6) is 0.780. The molecule has 0 heterocycles. The van der Waals surface area contributed by atoms with Crippen molar-refractivity contribution in [2.45, 2.75) is 19.9 Å². The fourth-order valence-electron chi connectivity index (χ4n) is 2.28. The highest BCUT2D eigenvalue weighted by atomic mass is 16.5. The molecule has 0 radical (unpaired) electrons. The largest absolute Gasteiger partial charge is 0.496 e. The fraction of sp³-hybridized carbons (Fsp3) is 0.278. The third-order valence-corrected chi connectivity index (χ3v) is 3.41. The predicted molar refractivity (Wildman–Crippen MR) is 88.1 cm³/mol. The third-order valence-electron chi connectivity index (χ3n) is 3.41. The Morgan fingerprint density at radius 3 is 2.68 bits per heavy atom. The van der Waals surface area contributed by atoms with Gasteiger partial charge in [0, 0.05) is 18.7 Å². The molecular formula is C18H22N2O2. The minimum atomic E-state index is -0.168. The van der Waals surface area contributed by atoms with Crippen LogP contribution < -0.4 is 15.4 Å². The second-order valence-electron chi connectivity index (χ2n) is 5.16. The molecule has 4 heteroatoms. The number of amides is 2. The number of ether oxygens (including phenoxy) is 1. The van der Waals surface area contributed by atoms with Crippen LogP contribution in [-0.2, 0) is 13.0 Å². The molecule has 0 bridgehead atoms. The second kappa shape index (κ2) is 8.08. The maximum atomic E-state index is 11.8. The molecule has 4 nitrogen and oxygen atoms in total. The van der Waals surface area contributed by atoms with E-state index in [4.69, 9.17) is 4.74 Å². The molecule has 0 atom stereocenters. The van der Waals surface area contributed by atoms with Crippen molar-refractivity contribution in [1.82, 2.24) is 10.6 Å². The topological polar surface area (TPSA) is 50.4 Å². The number of rotatable bonds is 6. The van der Waals surface area contributed by atoms with Crippen molar-refractivity contribution >= 4 is 6.03 Å². The first-order valence-corrected chi connectivity index (χ1v) is 7.38. The van der Waals surface area contributed by atoms with Crippen LogP contribution in [0.2, 0.25) is 0 Å². The van der Waals surface area contributed by atoms with E-state index in [9.17, 15) is 4.79 Å². The summed E-state index contributed by atoms with van der Waals surface area (Å²) in [4.78, 5) is 11.8. The van der Waals surface area contributed by atoms with E-state index in [0.29, 0.717) is 13.1 Å². The molecule has 2 aromatic carbocycles. The van der Waals surface area contributed by atoms with Gasteiger partial charge in [-0.1, -0.05) is 48.0 Å². The highest BCUT2D eigenvalue weighted by Crippen LogP contribution is 2.16. The number of carbonyl (C=O) groups is 1. The Morgan fingerprint density at radius 2 is 1.91 bits per heavy atom. The lowest BCUT2D eigenvalue weighted by atomic mass is 10.1. The van der Waals surface area contributed by atoms with Gasteiger partial charge in [-0.3, -0.25) is 0 Å². The van der Waals surface area contributed by atoms with E-state index in [1.54, 1.807) is 7.11 Å². The predicted octanol–water partition coefficient (Wildman–Crippen LogP) is 3.05. The Morgan fingerprint density at radius 1 is 1.09 bits per heavy atom. The summed E-state index contributed by atoms with van der Waals surface area (Å²) in [6.45, 7) is 3.12. The molecule has 0 saturated heterocycles. The summed E-state index contributed by atoms with van der Waals surface area (Å²) >= 11 is 0. The van der Waals surface area contributed by atoms with Crippen molar-refractivity contribution in [3.8, 4) is 5.75 Å². The maximum absolute atomic E-state index is 11.8. The van der Waals surface area contributed by atoms with E-state index < -0.39 is 0 Å². The minimum absolute atomic E-state index is 0.168. The van der Waals surface area contributed by atoms with Gasteiger partial charge in [0.15, 0.2) is 0 Å². The van der Waals surface area contributed by atoms with E-state index in [1.807, 2.05) is 30.3 Å². The van der Waals surface area contributed by atoms with Crippen molar-refractivity contribution in [3.63, 3.8) is 0 Å². The summed E-state index contributed by atoms with van der Waals surface area (Å²) in [7, 11) is 1.63. The highest BCUT2D eigenvalue weighted by molar-refractivity contribution is 5.73. The summed E-state index contributed by atoms with van der Waals surface area (Å²) in [5, 5.41) is 5.71. The zero-order valence-corrected chi connectivity index (χ0v) is 13.1. The van der Waals surface area contributed by atoms with Gasteiger partial charge >= 0.3 is 6.03 Å². The Bertz CT molecular complexity index is 626. The minimum Gasteiger partial charge on any atom is -0.496 e. The van der Waals surface area contributed by atoms with Gasteiger partial charge in [0.2, 0.25) is 0 Å².